The summed E-state index contributed by atoms with van der Waals surface area (Å²) in [4.78, 5) is 13.7. The molecule has 4 rings (SSSR count). The minimum Gasteiger partial charge on any atom is -0.366 e. The molecule has 0 amide bonds. The molecular formula is C23H27N5. The summed E-state index contributed by atoms with van der Waals surface area (Å²) < 4.78 is 0. The quantitative estimate of drug-likeness (QED) is 0.621. The molecule has 1 fully saturated rings. The number of rotatable bonds is 6. The van der Waals surface area contributed by atoms with Gasteiger partial charge in [-0.15, -0.1) is 0 Å². The molecule has 5 heteroatoms. The fourth-order valence-electron chi connectivity index (χ4n) is 3.71. The predicted molar refractivity (Wildman–Crippen MR) is 114 cm³/mol. The van der Waals surface area contributed by atoms with E-state index in [0.29, 0.717) is 12.0 Å². The van der Waals surface area contributed by atoms with Gasteiger partial charge in [0.1, 0.15) is 5.82 Å². The first-order valence-corrected chi connectivity index (χ1v) is 10.1. The molecule has 0 radical (unpaired) electrons. The van der Waals surface area contributed by atoms with Crippen LogP contribution in [0.15, 0.2) is 54.9 Å². The summed E-state index contributed by atoms with van der Waals surface area (Å²) in [6.45, 7) is 2.84. The molecule has 0 bridgehead atoms. The highest BCUT2D eigenvalue weighted by atomic mass is 15.2. The van der Waals surface area contributed by atoms with E-state index in [1.807, 2.05) is 24.4 Å². The minimum atomic E-state index is 0.461. The van der Waals surface area contributed by atoms with Crippen molar-refractivity contribution in [2.24, 2.45) is 0 Å². The van der Waals surface area contributed by atoms with E-state index in [9.17, 15) is 0 Å². The van der Waals surface area contributed by atoms with Crippen molar-refractivity contribution in [2.75, 3.05) is 10.6 Å². The number of aromatic nitrogens is 3. The molecule has 0 saturated heterocycles. The maximum Gasteiger partial charge on any atom is 0.225 e. The Bertz CT molecular complexity index is 904. The van der Waals surface area contributed by atoms with Crippen molar-refractivity contribution in [1.82, 2.24) is 15.0 Å². The van der Waals surface area contributed by atoms with Gasteiger partial charge in [0.15, 0.2) is 0 Å². The first kappa shape index (κ1) is 18.4. The highest BCUT2D eigenvalue weighted by Gasteiger charge is 2.15. The Morgan fingerprint density at radius 3 is 2.68 bits per heavy atom. The summed E-state index contributed by atoms with van der Waals surface area (Å²) in [6.07, 6.45) is 9.88. The van der Waals surface area contributed by atoms with E-state index in [2.05, 4.69) is 46.8 Å². The molecule has 2 heterocycles. The minimum absolute atomic E-state index is 0.461. The van der Waals surface area contributed by atoms with Gasteiger partial charge in [-0.05, 0) is 37.5 Å². The topological polar surface area (TPSA) is 62.7 Å². The third-order valence-electron chi connectivity index (χ3n) is 5.18. The van der Waals surface area contributed by atoms with Crippen molar-refractivity contribution in [1.29, 1.82) is 0 Å². The number of aryl methyl sites for hydroxylation is 1. The second-order valence-electron chi connectivity index (χ2n) is 7.53. The average Bonchev–Trinajstić information content (AvgIpc) is 2.74. The number of hydrogen-bond acceptors (Lipinski definition) is 5. The number of hydrogen-bond donors (Lipinski definition) is 2. The third-order valence-corrected chi connectivity index (χ3v) is 5.18. The van der Waals surface area contributed by atoms with Gasteiger partial charge in [0.2, 0.25) is 5.95 Å². The molecule has 1 aliphatic carbocycles. The van der Waals surface area contributed by atoms with Crippen LogP contribution in [0.3, 0.4) is 0 Å². The number of benzene rings is 1. The summed E-state index contributed by atoms with van der Waals surface area (Å²) in [6, 6.07) is 14.9. The molecule has 144 valence electrons. The first-order valence-electron chi connectivity index (χ1n) is 10.1. The van der Waals surface area contributed by atoms with Crippen LogP contribution in [-0.4, -0.2) is 21.0 Å². The molecular weight excluding hydrogens is 346 g/mol. The van der Waals surface area contributed by atoms with Gasteiger partial charge < -0.3 is 10.6 Å². The molecule has 3 aromatic rings. The van der Waals surface area contributed by atoms with E-state index in [4.69, 9.17) is 9.97 Å². The van der Waals surface area contributed by atoms with Crippen LogP contribution in [0, 0.1) is 6.92 Å². The van der Waals surface area contributed by atoms with E-state index in [0.717, 1.165) is 23.6 Å². The molecule has 0 unspecified atom stereocenters. The van der Waals surface area contributed by atoms with Gasteiger partial charge in [-0.3, -0.25) is 4.98 Å². The molecule has 2 N–H and O–H groups in total. The first-order chi connectivity index (χ1) is 13.8. The predicted octanol–water partition coefficient (Wildman–Crippen LogP) is 5.20. The second kappa shape index (κ2) is 8.83. The fourth-order valence-corrected chi connectivity index (χ4v) is 3.71. The van der Waals surface area contributed by atoms with Crippen molar-refractivity contribution >= 4 is 11.8 Å². The summed E-state index contributed by atoms with van der Waals surface area (Å²) in [5.41, 5.74) is 4.38. The number of anilines is 2. The molecule has 5 nitrogen and oxygen atoms in total. The third kappa shape index (κ3) is 4.85. The smallest absolute Gasteiger partial charge is 0.225 e. The lowest BCUT2D eigenvalue weighted by atomic mass is 9.96. The van der Waals surface area contributed by atoms with Crippen molar-refractivity contribution < 1.29 is 0 Å². The summed E-state index contributed by atoms with van der Waals surface area (Å²) in [5, 5.41) is 7.02. The highest BCUT2D eigenvalue weighted by molar-refractivity contribution is 5.63. The Kier molecular flexibility index (Phi) is 5.80. The van der Waals surface area contributed by atoms with Gasteiger partial charge in [0.25, 0.3) is 0 Å². The van der Waals surface area contributed by atoms with Gasteiger partial charge in [-0.1, -0.05) is 49.1 Å². The summed E-state index contributed by atoms with van der Waals surface area (Å²) >= 11 is 0. The Morgan fingerprint density at radius 1 is 1.00 bits per heavy atom. The van der Waals surface area contributed by atoms with Gasteiger partial charge in [-0.2, -0.15) is 4.98 Å². The standard InChI is InChI=1S/C23H27N5/c1-17-7-5-8-18(13-17)15-25-22-14-21(19-9-6-12-24-16-19)27-23(28-22)26-20-10-3-2-4-11-20/h5-9,12-14,16,20H,2-4,10-11,15H2,1H3,(H2,25,26,27,28). The van der Waals surface area contributed by atoms with Gasteiger partial charge in [-0.25, -0.2) is 4.98 Å². The lowest BCUT2D eigenvalue weighted by Gasteiger charge is -2.23. The Hall–Kier alpha value is -2.95. The molecule has 2 aromatic heterocycles. The molecule has 1 aliphatic rings. The Morgan fingerprint density at radius 2 is 1.89 bits per heavy atom. The highest BCUT2D eigenvalue weighted by Crippen LogP contribution is 2.24. The lowest BCUT2D eigenvalue weighted by molar-refractivity contribution is 0.461. The van der Waals surface area contributed by atoms with Crippen LogP contribution in [0.5, 0.6) is 0 Å². The zero-order chi connectivity index (χ0) is 19.2. The number of pyridine rings is 1. The molecule has 0 aliphatic heterocycles. The van der Waals surface area contributed by atoms with Crippen LogP contribution in [-0.2, 0) is 6.54 Å². The van der Waals surface area contributed by atoms with Crippen LogP contribution in [0.2, 0.25) is 0 Å². The van der Waals surface area contributed by atoms with Gasteiger partial charge in [0.05, 0.1) is 5.69 Å². The van der Waals surface area contributed by atoms with Gasteiger partial charge >= 0.3 is 0 Å². The van der Waals surface area contributed by atoms with Crippen LogP contribution in [0.1, 0.15) is 43.2 Å². The maximum absolute atomic E-state index is 4.76. The van der Waals surface area contributed by atoms with E-state index >= 15 is 0 Å². The van der Waals surface area contributed by atoms with Crippen LogP contribution >= 0.6 is 0 Å². The maximum atomic E-state index is 4.76. The normalized spacial score (nSPS) is 14.6. The molecule has 0 atom stereocenters. The summed E-state index contributed by atoms with van der Waals surface area (Å²) in [5.74, 6) is 1.52. The SMILES string of the molecule is Cc1cccc(CNc2cc(-c3cccnc3)nc(NC3CCCCC3)n2)c1. The van der Waals surface area contributed by atoms with Crippen LogP contribution in [0.4, 0.5) is 11.8 Å². The second-order valence-corrected chi connectivity index (χ2v) is 7.53. The molecule has 0 spiro atoms. The summed E-state index contributed by atoms with van der Waals surface area (Å²) in [7, 11) is 0. The molecule has 1 aromatic carbocycles. The monoisotopic (exact) mass is 373 g/mol. The molecule has 28 heavy (non-hydrogen) atoms. The van der Waals surface area contributed by atoms with Crippen molar-refractivity contribution in [3.8, 4) is 11.3 Å². The van der Waals surface area contributed by atoms with E-state index < -0.39 is 0 Å². The average molecular weight is 374 g/mol. The van der Waals surface area contributed by atoms with Crippen LogP contribution in [0.25, 0.3) is 11.3 Å². The zero-order valence-corrected chi connectivity index (χ0v) is 16.4. The molecule has 1 saturated carbocycles. The van der Waals surface area contributed by atoms with Crippen molar-refractivity contribution in [3.05, 3.63) is 66.0 Å². The van der Waals surface area contributed by atoms with Crippen LogP contribution < -0.4 is 10.6 Å². The Labute approximate surface area is 166 Å². The van der Waals surface area contributed by atoms with E-state index in [-0.39, 0.29) is 0 Å². The van der Waals surface area contributed by atoms with E-state index in [1.165, 1.54) is 43.2 Å². The van der Waals surface area contributed by atoms with Crippen molar-refractivity contribution in [3.63, 3.8) is 0 Å². The Balaban J connectivity index is 1.57. The fraction of sp³-hybridized carbons (Fsp3) is 0.348. The van der Waals surface area contributed by atoms with Gasteiger partial charge in [0, 0.05) is 36.6 Å². The number of nitrogens with zero attached hydrogens (tertiary/aromatic N) is 3. The zero-order valence-electron chi connectivity index (χ0n) is 16.4. The number of nitrogens with one attached hydrogen (secondary N) is 2. The van der Waals surface area contributed by atoms with Crippen molar-refractivity contribution in [2.45, 2.75) is 51.6 Å². The lowest BCUT2D eigenvalue weighted by Crippen LogP contribution is -2.23. The van der Waals surface area contributed by atoms with E-state index in [1.54, 1.807) is 6.20 Å². The largest absolute Gasteiger partial charge is 0.366 e.